The quantitative estimate of drug-likeness (QED) is 0.494. The number of amides is 1. The van der Waals surface area contributed by atoms with E-state index in [1.807, 2.05) is 73.8 Å². The highest BCUT2D eigenvalue weighted by Crippen LogP contribution is 2.26. The van der Waals surface area contributed by atoms with Crippen molar-refractivity contribution in [3.8, 4) is 10.9 Å². The van der Waals surface area contributed by atoms with Crippen LogP contribution in [0.15, 0.2) is 75.6 Å². The van der Waals surface area contributed by atoms with E-state index in [4.69, 9.17) is 4.42 Å². The summed E-state index contributed by atoms with van der Waals surface area (Å²) < 4.78 is 5.60. The van der Waals surface area contributed by atoms with E-state index in [9.17, 15) is 4.79 Å². The lowest BCUT2D eigenvalue weighted by Gasteiger charge is -2.11. The summed E-state index contributed by atoms with van der Waals surface area (Å²) in [6, 6.07) is 17.4. The van der Waals surface area contributed by atoms with Gasteiger partial charge in [0.25, 0.3) is 11.8 Å². The third-order valence-corrected chi connectivity index (χ3v) is 5.06. The van der Waals surface area contributed by atoms with Crippen LogP contribution in [0.1, 0.15) is 25.0 Å². The standard InChI is InChI=1S/C20H14N6O2S.C2H6/c27-17-16(24-20-26-25-18(28-20)19-21-10-11-29-19)23-15(12-6-2-1-3-7-12)13-8-4-5-9-14(13)22-17;1-2/h1-11,16H,(H,22,27)(H,24,26);1-2H3. The molecule has 31 heavy (non-hydrogen) atoms. The maximum atomic E-state index is 12.8. The molecule has 5 rings (SSSR count). The summed E-state index contributed by atoms with van der Waals surface area (Å²) in [4.78, 5) is 21.6. The number of para-hydroxylation sites is 1. The fourth-order valence-electron chi connectivity index (χ4n) is 2.99. The van der Waals surface area contributed by atoms with Crippen LogP contribution < -0.4 is 10.6 Å². The summed E-state index contributed by atoms with van der Waals surface area (Å²) in [5, 5.41) is 16.2. The number of aliphatic imine (C=N–C) groups is 1. The zero-order valence-electron chi connectivity index (χ0n) is 16.9. The molecule has 0 radical (unpaired) electrons. The Kier molecular flexibility index (Phi) is 6.13. The first kappa shape index (κ1) is 20.4. The number of benzene rings is 2. The van der Waals surface area contributed by atoms with E-state index >= 15 is 0 Å². The largest absolute Gasteiger partial charge is 0.401 e. The molecule has 3 heterocycles. The van der Waals surface area contributed by atoms with Crippen molar-refractivity contribution in [3.63, 3.8) is 0 Å². The molecule has 0 spiro atoms. The first-order valence-electron chi connectivity index (χ1n) is 9.81. The molecule has 2 aromatic heterocycles. The summed E-state index contributed by atoms with van der Waals surface area (Å²) in [6.45, 7) is 4.00. The molecule has 2 aromatic carbocycles. The van der Waals surface area contributed by atoms with Gasteiger partial charge in [-0.05, 0) is 6.07 Å². The normalized spacial score (nSPS) is 15.0. The second-order valence-corrected chi connectivity index (χ2v) is 7.07. The predicted octanol–water partition coefficient (Wildman–Crippen LogP) is 4.45. The number of nitrogens with one attached hydrogen (secondary N) is 2. The van der Waals surface area contributed by atoms with E-state index < -0.39 is 6.17 Å². The zero-order valence-corrected chi connectivity index (χ0v) is 17.8. The SMILES string of the molecule is CC.O=C1Nc2ccccc2C(c2ccccc2)=NC1Nc1nnc(-c2nccs2)o1. The molecule has 4 aromatic rings. The van der Waals surface area contributed by atoms with Crippen LogP contribution in [0, 0.1) is 0 Å². The fraction of sp³-hybridized carbons (Fsp3) is 0.136. The van der Waals surface area contributed by atoms with Crippen molar-refractivity contribution < 1.29 is 9.21 Å². The average Bonchev–Trinajstić information content (AvgIpc) is 3.49. The van der Waals surface area contributed by atoms with Crippen LogP contribution in [0.3, 0.4) is 0 Å². The van der Waals surface area contributed by atoms with Crippen LogP contribution in [-0.4, -0.2) is 33.0 Å². The first-order valence-corrected chi connectivity index (χ1v) is 10.7. The monoisotopic (exact) mass is 432 g/mol. The third-order valence-electron chi connectivity index (χ3n) is 4.29. The van der Waals surface area contributed by atoms with Gasteiger partial charge in [-0.25, -0.2) is 9.98 Å². The summed E-state index contributed by atoms with van der Waals surface area (Å²) in [7, 11) is 0. The van der Waals surface area contributed by atoms with Gasteiger partial charge in [0.05, 0.1) is 11.4 Å². The summed E-state index contributed by atoms with van der Waals surface area (Å²) in [5.41, 5.74) is 3.12. The number of rotatable bonds is 4. The lowest BCUT2D eigenvalue weighted by molar-refractivity contribution is -0.116. The Morgan fingerprint density at radius 1 is 1.03 bits per heavy atom. The maximum absolute atomic E-state index is 12.8. The number of aromatic nitrogens is 3. The molecular formula is C22H20N6O2S. The Bertz CT molecular complexity index is 1190. The highest BCUT2D eigenvalue weighted by Gasteiger charge is 2.27. The number of anilines is 2. The molecule has 1 aliphatic heterocycles. The second kappa shape index (κ2) is 9.31. The Labute approximate surface area is 183 Å². The van der Waals surface area contributed by atoms with Crippen LogP contribution in [0.25, 0.3) is 10.9 Å². The number of carbonyl (C=O) groups is 1. The van der Waals surface area contributed by atoms with Gasteiger partial charge in [-0.3, -0.25) is 4.79 Å². The Hall–Kier alpha value is -3.85. The third kappa shape index (κ3) is 4.36. The molecule has 0 saturated carbocycles. The van der Waals surface area contributed by atoms with E-state index in [0.29, 0.717) is 16.4 Å². The van der Waals surface area contributed by atoms with Crippen LogP contribution >= 0.6 is 11.3 Å². The van der Waals surface area contributed by atoms with Gasteiger partial charge in [-0.1, -0.05) is 67.5 Å². The van der Waals surface area contributed by atoms with Crippen molar-refractivity contribution in [2.24, 2.45) is 4.99 Å². The fourth-order valence-corrected chi connectivity index (χ4v) is 3.55. The molecule has 9 heteroatoms. The second-order valence-electron chi connectivity index (χ2n) is 6.18. The van der Waals surface area contributed by atoms with Crippen molar-refractivity contribution in [1.82, 2.24) is 15.2 Å². The number of thiazole rings is 1. The predicted molar refractivity (Wildman–Crippen MR) is 121 cm³/mol. The molecule has 0 saturated heterocycles. The smallest absolute Gasteiger partial charge is 0.317 e. The number of hydrogen-bond acceptors (Lipinski definition) is 8. The van der Waals surface area contributed by atoms with Crippen molar-refractivity contribution in [1.29, 1.82) is 0 Å². The van der Waals surface area contributed by atoms with E-state index in [2.05, 4.69) is 30.8 Å². The van der Waals surface area contributed by atoms with Crippen molar-refractivity contribution in [3.05, 3.63) is 77.3 Å². The van der Waals surface area contributed by atoms with E-state index in [1.165, 1.54) is 11.3 Å². The van der Waals surface area contributed by atoms with Gasteiger partial charge in [-0.15, -0.1) is 16.4 Å². The van der Waals surface area contributed by atoms with Crippen molar-refractivity contribution >= 4 is 34.7 Å². The lowest BCUT2D eigenvalue weighted by Crippen LogP contribution is -2.32. The van der Waals surface area contributed by atoms with Crippen LogP contribution in [0.5, 0.6) is 0 Å². The molecule has 2 N–H and O–H groups in total. The van der Waals surface area contributed by atoms with Crippen LogP contribution in [-0.2, 0) is 4.79 Å². The van der Waals surface area contributed by atoms with Gasteiger partial charge >= 0.3 is 6.01 Å². The number of fused-ring (bicyclic) bond motifs is 1. The average molecular weight is 433 g/mol. The summed E-state index contributed by atoms with van der Waals surface area (Å²) >= 11 is 1.39. The minimum absolute atomic E-state index is 0.0949. The highest BCUT2D eigenvalue weighted by molar-refractivity contribution is 7.12. The van der Waals surface area contributed by atoms with E-state index in [1.54, 1.807) is 6.20 Å². The van der Waals surface area contributed by atoms with E-state index in [0.717, 1.165) is 11.1 Å². The van der Waals surface area contributed by atoms with E-state index in [-0.39, 0.29) is 17.8 Å². The Morgan fingerprint density at radius 2 is 1.81 bits per heavy atom. The summed E-state index contributed by atoms with van der Waals surface area (Å²) in [6.07, 6.45) is 0.714. The molecule has 156 valence electrons. The van der Waals surface area contributed by atoms with Crippen LogP contribution in [0.2, 0.25) is 0 Å². The lowest BCUT2D eigenvalue weighted by atomic mass is 10.0. The molecule has 0 bridgehead atoms. The van der Waals surface area contributed by atoms with Crippen LogP contribution in [0.4, 0.5) is 11.7 Å². The Balaban J connectivity index is 0.00000112. The molecule has 1 unspecified atom stereocenters. The van der Waals surface area contributed by atoms with Gasteiger partial charge in [0.1, 0.15) is 0 Å². The minimum Gasteiger partial charge on any atom is -0.401 e. The first-order chi connectivity index (χ1) is 15.3. The summed E-state index contributed by atoms with van der Waals surface area (Å²) in [5.74, 6) is -0.0375. The minimum atomic E-state index is -0.942. The van der Waals surface area contributed by atoms with Crippen molar-refractivity contribution in [2.45, 2.75) is 20.0 Å². The number of carbonyl (C=O) groups excluding carboxylic acids is 1. The molecule has 0 fully saturated rings. The number of hydrogen-bond donors (Lipinski definition) is 2. The van der Waals surface area contributed by atoms with Gasteiger partial charge < -0.3 is 15.1 Å². The number of benzodiazepines with no additional fused rings is 1. The molecule has 1 amide bonds. The van der Waals surface area contributed by atoms with Gasteiger partial charge in [0.15, 0.2) is 5.01 Å². The highest BCUT2D eigenvalue weighted by atomic mass is 32.1. The van der Waals surface area contributed by atoms with Gasteiger partial charge in [-0.2, -0.15) is 0 Å². The molecule has 8 nitrogen and oxygen atoms in total. The molecule has 1 aliphatic rings. The molecule has 1 atom stereocenters. The van der Waals surface area contributed by atoms with Crippen molar-refractivity contribution in [2.75, 3.05) is 10.6 Å². The zero-order chi connectivity index (χ0) is 21.6. The topological polar surface area (TPSA) is 105 Å². The van der Waals surface area contributed by atoms with Gasteiger partial charge in [0, 0.05) is 22.7 Å². The molecular weight excluding hydrogens is 412 g/mol. The molecule has 0 aliphatic carbocycles. The Morgan fingerprint density at radius 3 is 2.58 bits per heavy atom. The number of nitrogens with zero attached hydrogens (tertiary/aromatic N) is 4. The van der Waals surface area contributed by atoms with Gasteiger partial charge in [0.2, 0.25) is 6.17 Å². The maximum Gasteiger partial charge on any atom is 0.317 e.